The minimum atomic E-state index is 0.601. The first-order valence-electron chi connectivity index (χ1n) is 4.92. The van der Waals surface area contributed by atoms with E-state index in [0.717, 1.165) is 23.0 Å². The molecule has 0 amide bonds. The maximum absolute atomic E-state index is 5.93. The first kappa shape index (κ1) is 10.3. The molecule has 1 saturated heterocycles. The van der Waals surface area contributed by atoms with Crippen LogP contribution < -0.4 is 5.32 Å². The van der Waals surface area contributed by atoms with Crippen molar-refractivity contribution in [1.29, 1.82) is 0 Å². The van der Waals surface area contributed by atoms with Crippen LogP contribution in [0.1, 0.15) is 18.4 Å². The fourth-order valence-electron chi connectivity index (χ4n) is 1.94. The van der Waals surface area contributed by atoms with E-state index in [0.29, 0.717) is 6.04 Å². The minimum absolute atomic E-state index is 0.601. The Hall–Kier alpha value is -0.240. The van der Waals surface area contributed by atoms with Crippen molar-refractivity contribution >= 4 is 23.2 Å². The van der Waals surface area contributed by atoms with Crippen LogP contribution in [0.5, 0.6) is 0 Å². The molecule has 1 nitrogen and oxygen atoms in total. The van der Waals surface area contributed by atoms with Crippen LogP contribution in [0.2, 0.25) is 10.0 Å². The smallest absolute Gasteiger partial charge is 0.0423 e. The molecule has 1 heterocycles. The largest absolute Gasteiger partial charge is 0.314 e. The average Bonchev–Trinajstić information content (AvgIpc) is 2.54. The van der Waals surface area contributed by atoms with E-state index in [-0.39, 0.29) is 0 Å². The molecule has 1 aromatic carbocycles. The molecule has 1 unspecified atom stereocenters. The summed E-state index contributed by atoms with van der Waals surface area (Å²) in [6.45, 7) is 1.14. The number of nitrogens with one attached hydrogen (secondary N) is 1. The Balaban J connectivity index is 2.07. The van der Waals surface area contributed by atoms with Crippen molar-refractivity contribution in [3.8, 4) is 0 Å². The third-order valence-corrected chi connectivity index (χ3v) is 3.00. The number of hydrogen-bond donors (Lipinski definition) is 1. The van der Waals surface area contributed by atoms with Gasteiger partial charge in [-0.15, -0.1) is 0 Å². The topological polar surface area (TPSA) is 12.0 Å². The lowest BCUT2D eigenvalue weighted by molar-refractivity contribution is 0.603. The van der Waals surface area contributed by atoms with Gasteiger partial charge >= 0.3 is 0 Å². The Morgan fingerprint density at radius 1 is 1.21 bits per heavy atom. The van der Waals surface area contributed by atoms with Crippen LogP contribution in [-0.2, 0) is 6.42 Å². The van der Waals surface area contributed by atoms with Gasteiger partial charge in [0, 0.05) is 16.1 Å². The second kappa shape index (κ2) is 4.52. The number of benzene rings is 1. The molecule has 0 aliphatic carbocycles. The van der Waals surface area contributed by atoms with Gasteiger partial charge in [-0.05, 0) is 49.6 Å². The molecule has 14 heavy (non-hydrogen) atoms. The molecule has 3 heteroatoms. The van der Waals surface area contributed by atoms with Crippen LogP contribution in [0.3, 0.4) is 0 Å². The van der Waals surface area contributed by atoms with Crippen LogP contribution in [0, 0.1) is 0 Å². The van der Waals surface area contributed by atoms with Gasteiger partial charge < -0.3 is 5.32 Å². The van der Waals surface area contributed by atoms with E-state index < -0.39 is 0 Å². The number of rotatable bonds is 2. The van der Waals surface area contributed by atoms with Crippen LogP contribution >= 0.6 is 23.2 Å². The van der Waals surface area contributed by atoms with Gasteiger partial charge in [-0.25, -0.2) is 0 Å². The molecule has 0 aromatic heterocycles. The summed E-state index contributed by atoms with van der Waals surface area (Å²) in [6, 6.07) is 6.36. The zero-order chi connectivity index (χ0) is 9.97. The fourth-order valence-corrected chi connectivity index (χ4v) is 2.52. The second-order valence-electron chi connectivity index (χ2n) is 3.78. The highest BCUT2D eigenvalue weighted by atomic mass is 35.5. The molecule has 0 radical (unpaired) electrons. The Kier molecular flexibility index (Phi) is 3.32. The summed E-state index contributed by atoms with van der Waals surface area (Å²) in [4.78, 5) is 0. The summed E-state index contributed by atoms with van der Waals surface area (Å²) >= 11 is 11.9. The first-order chi connectivity index (χ1) is 6.74. The number of halogens is 2. The molecule has 1 fully saturated rings. The normalized spacial score (nSPS) is 21.4. The Morgan fingerprint density at radius 2 is 1.93 bits per heavy atom. The van der Waals surface area contributed by atoms with Crippen molar-refractivity contribution in [2.24, 2.45) is 0 Å². The van der Waals surface area contributed by atoms with Gasteiger partial charge in [0.25, 0.3) is 0 Å². The van der Waals surface area contributed by atoms with E-state index >= 15 is 0 Å². The predicted octanol–water partition coefficient (Wildman–Crippen LogP) is 3.29. The van der Waals surface area contributed by atoms with Gasteiger partial charge in [0.15, 0.2) is 0 Å². The van der Waals surface area contributed by atoms with Crippen molar-refractivity contribution in [3.05, 3.63) is 33.8 Å². The summed E-state index contributed by atoms with van der Waals surface area (Å²) < 4.78 is 0. The lowest BCUT2D eigenvalue weighted by Gasteiger charge is -2.10. The highest BCUT2D eigenvalue weighted by molar-refractivity contribution is 6.34. The summed E-state index contributed by atoms with van der Waals surface area (Å²) in [5.41, 5.74) is 1.22. The minimum Gasteiger partial charge on any atom is -0.314 e. The molecule has 0 saturated carbocycles. The third-order valence-electron chi connectivity index (χ3n) is 2.57. The van der Waals surface area contributed by atoms with E-state index in [1.807, 2.05) is 12.1 Å². The molecule has 1 aliphatic heterocycles. The number of hydrogen-bond acceptors (Lipinski definition) is 1. The van der Waals surface area contributed by atoms with Gasteiger partial charge in [-0.1, -0.05) is 23.2 Å². The zero-order valence-corrected chi connectivity index (χ0v) is 9.41. The lowest BCUT2D eigenvalue weighted by Crippen LogP contribution is -2.23. The Labute approximate surface area is 94.4 Å². The summed E-state index contributed by atoms with van der Waals surface area (Å²) in [7, 11) is 0. The van der Waals surface area contributed by atoms with Crippen molar-refractivity contribution in [1.82, 2.24) is 5.32 Å². The predicted molar refractivity (Wildman–Crippen MR) is 61.2 cm³/mol. The van der Waals surface area contributed by atoms with E-state index in [1.54, 1.807) is 6.07 Å². The molecule has 76 valence electrons. The van der Waals surface area contributed by atoms with E-state index in [4.69, 9.17) is 23.2 Å². The van der Waals surface area contributed by atoms with Crippen LogP contribution in [0.4, 0.5) is 0 Å². The maximum atomic E-state index is 5.93. The quantitative estimate of drug-likeness (QED) is 0.821. The molecule has 0 spiro atoms. The zero-order valence-electron chi connectivity index (χ0n) is 7.89. The molecular weight excluding hydrogens is 217 g/mol. The molecule has 1 atom stereocenters. The molecule has 1 aliphatic rings. The van der Waals surface area contributed by atoms with Gasteiger partial charge in [0.2, 0.25) is 0 Å². The van der Waals surface area contributed by atoms with Gasteiger partial charge in [-0.2, -0.15) is 0 Å². The Bertz CT molecular complexity index is 299. The monoisotopic (exact) mass is 229 g/mol. The summed E-state index contributed by atoms with van der Waals surface area (Å²) in [6.07, 6.45) is 3.56. The summed E-state index contributed by atoms with van der Waals surface area (Å²) in [5.74, 6) is 0. The van der Waals surface area contributed by atoms with Crippen LogP contribution in [0.15, 0.2) is 18.2 Å². The van der Waals surface area contributed by atoms with Gasteiger partial charge in [-0.3, -0.25) is 0 Å². The van der Waals surface area contributed by atoms with Crippen LogP contribution in [-0.4, -0.2) is 12.6 Å². The second-order valence-corrected chi connectivity index (χ2v) is 4.65. The third kappa shape index (κ3) is 2.63. The van der Waals surface area contributed by atoms with Crippen molar-refractivity contribution in [3.63, 3.8) is 0 Å². The molecule has 1 N–H and O–H groups in total. The average molecular weight is 230 g/mol. The van der Waals surface area contributed by atoms with E-state index in [9.17, 15) is 0 Å². The molecule has 0 bridgehead atoms. The summed E-state index contributed by atoms with van der Waals surface area (Å²) in [5, 5.41) is 4.91. The SMILES string of the molecule is Clc1cc(Cl)cc(CC2CCCN2)c1. The fraction of sp³-hybridized carbons (Fsp3) is 0.455. The standard InChI is InChI=1S/C11H13Cl2N/c12-9-4-8(5-10(13)7-9)6-11-2-1-3-14-11/h4-5,7,11,14H,1-3,6H2. The lowest BCUT2D eigenvalue weighted by atomic mass is 10.0. The van der Waals surface area contributed by atoms with Crippen LogP contribution in [0.25, 0.3) is 0 Å². The highest BCUT2D eigenvalue weighted by Crippen LogP contribution is 2.21. The first-order valence-corrected chi connectivity index (χ1v) is 5.68. The van der Waals surface area contributed by atoms with Gasteiger partial charge in [0.05, 0.1) is 0 Å². The maximum Gasteiger partial charge on any atom is 0.0423 e. The van der Waals surface area contributed by atoms with E-state index in [1.165, 1.54) is 18.4 Å². The van der Waals surface area contributed by atoms with E-state index in [2.05, 4.69) is 5.32 Å². The van der Waals surface area contributed by atoms with Crippen molar-refractivity contribution in [2.75, 3.05) is 6.54 Å². The molecular formula is C11H13Cl2N. The Morgan fingerprint density at radius 3 is 2.50 bits per heavy atom. The molecule has 1 aromatic rings. The van der Waals surface area contributed by atoms with Crippen molar-refractivity contribution < 1.29 is 0 Å². The highest BCUT2D eigenvalue weighted by Gasteiger charge is 2.14. The molecule has 2 rings (SSSR count). The van der Waals surface area contributed by atoms with Crippen molar-refractivity contribution in [2.45, 2.75) is 25.3 Å². The van der Waals surface area contributed by atoms with Gasteiger partial charge in [0.1, 0.15) is 0 Å².